The second-order valence-corrected chi connectivity index (χ2v) is 4.73. The molecule has 0 aliphatic carbocycles. The fourth-order valence-corrected chi connectivity index (χ4v) is 1.69. The zero-order valence-corrected chi connectivity index (χ0v) is 11.6. The Bertz CT molecular complexity index is 292. The van der Waals surface area contributed by atoms with E-state index in [-0.39, 0.29) is 18.4 Å². The Morgan fingerprint density at radius 2 is 1.44 bits per heavy atom. The number of nitrogens with two attached hydrogens (primary N) is 1. The Kier molecular flexibility index (Phi) is 6.70. The van der Waals surface area contributed by atoms with Crippen molar-refractivity contribution in [2.75, 3.05) is 0 Å². The van der Waals surface area contributed by atoms with Gasteiger partial charge in [0.2, 0.25) is 0 Å². The minimum absolute atomic E-state index is 0. The first kappa shape index (κ1) is 15.5. The van der Waals surface area contributed by atoms with Crippen LogP contribution in [0.1, 0.15) is 57.2 Å². The van der Waals surface area contributed by atoms with Crippen molar-refractivity contribution >= 4 is 12.4 Å². The molecule has 0 saturated carbocycles. The minimum Gasteiger partial charge on any atom is -0.324 e. The summed E-state index contributed by atoms with van der Waals surface area (Å²) in [5, 5.41) is 0. The zero-order chi connectivity index (χ0) is 11.4. The molecule has 2 heteroatoms. The smallest absolute Gasteiger partial charge is 0.0320 e. The van der Waals surface area contributed by atoms with Crippen LogP contribution in [0.3, 0.4) is 0 Å². The standard InChI is InChI=1S/C14H23N.ClH/c1-5-11(4)14(15)13-8-6-12(7-9-13)10(2)3;/h6-11,14H,5,15H2,1-4H3;1H/t11?,14-;/m1./s1. The van der Waals surface area contributed by atoms with E-state index in [2.05, 4.69) is 52.0 Å². The molecule has 1 rings (SSSR count). The van der Waals surface area contributed by atoms with Crippen LogP contribution in [0.2, 0.25) is 0 Å². The number of hydrogen-bond donors (Lipinski definition) is 1. The third-order valence-electron chi connectivity index (χ3n) is 3.25. The van der Waals surface area contributed by atoms with Gasteiger partial charge in [-0.3, -0.25) is 0 Å². The van der Waals surface area contributed by atoms with Gasteiger partial charge in [0.15, 0.2) is 0 Å². The maximum Gasteiger partial charge on any atom is 0.0320 e. The topological polar surface area (TPSA) is 26.0 Å². The van der Waals surface area contributed by atoms with Crippen molar-refractivity contribution in [1.29, 1.82) is 0 Å². The summed E-state index contributed by atoms with van der Waals surface area (Å²) in [5.41, 5.74) is 8.82. The van der Waals surface area contributed by atoms with Crippen molar-refractivity contribution < 1.29 is 0 Å². The van der Waals surface area contributed by atoms with Crippen molar-refractivity contribution in [3.8, 4) is 0 Å². The van der Waals surface area contributed by atoms with Gasteiger partial charge in [-0.05, 0) is 23.0 Å². The molecular formula is C14H24ClN. The molecule has 0 bridgehead atoms. The lowest BCUT2D eigenvalue weighted by Crippen LogP contribution is -2.18. The molecule has 92 valence electrons. The highest BCUT2D eigenvalue weighted by Gasteiger charge is 2.12. The van der Waals surface area contributed by atoms with Gasteiger partial charge in [0.25, 0.3) is 0 Å². The van der Waals surface area contributed by atoms with Gasteiger partial charge in [0.05, 0.1) is 0 Å². The van der Waals surface area contributed by atoms with Gasteiger partial charge in [-0.1, -0.05) is 58.4 Å². The molecule has 1 aromatic carbocycles. The number of halogens is 1. The van der Waals surface area contributed by atoms with Crippen LogP contribution >= 0.6 is 12.4 Å². The third kappa shape index (κ3) is 3.80. The molecular weight excluding hydrogens is 218 g/mol. The summed E-state index contributed by atoms with van der Waals surface area (Å²) in [6.45, 7) is 8.82. The largest absolute Gasteiger partial charge is 0.324 e. The molecule has 2 N–H and O–H groups in total. The molecule has 16 heavy (non-hydrogen) atoms. The molecule has 0 radical (unpaired) electrons. The summed E-state index contributed by atoms with van der Waals surface area (Å²) in [5.74, 6) is 1.15. The summed E-state index contributed by atoms with van der Waals surface area (Å²) < 4.78 is 0. The van der Waals surface area contributed by atoms with Crippen LogP contribution < -0.4 is 5.73 Å². The lowest BCUT2D eigenvalue weighted by molar-refractivity contribution is 0.457. The molecule has 1 aromatic rings. The van der Waals surface area contributed by atoms with E-state index >= 15 is 0 Å². The van der Waals surface area contributed by atoms with E-state index in [1.54, 1.807) is 0 Å². The molecule has 0 aliphatic rings. The summed E-state index contributed by atoms with van der Waals surface area (Å²) in [6.07, 6.45) is 1.13. The number of rotatable bonds is 4. The van der Waals surface area contributed by atoms with Gasteiger partial charge < -0.3 is 5.73 Å². The predicted octanol–water partition coefficient (Wildman–Crippen LogP) is 4.28. The van der Waals surface area contributed by atoms with E-state index in [4.69, 9.17) is 5.73 Å². The van der Waals surface area contributed by atoms with Crippen molar-refractivity contribution in [2.45, 2.75) is 46.1 Å². The fraction of sp³-hybridized carbons (Fsp3) is 0.571. The van der Waals surface area contributed by atoms with Gasteiger partial charge in [0.1, 0.15) is 0 Å². The Morgan fingerprint density at radius 3 is 1.81 bits per heavy atom. The van der Waals surface area contributed by atoms with Crippen LogP contribution in [0.4, 0.5) is 0 Å². The van der Waals surface area contributed by atoms with Crippen LogP contribution in [-0.4, -0.2) is 0 Å². The van der Waals surface area contributed by atoms with E-state index in [9.17, 15) is 0 Å². The van der Waals surface area contributed by atoms with Crippen molar-refractivity contribution in [1.82, 2.24) is 0 Å². The SMILES string of the molecule is CCC(C)[C@@H](N)c1ccc(C(C)C)cc1.Cl. The second-order valence-electron chi connectivity index (χ2n) is 4.73. The van der Waals surface area contributed by atoms with Gasteiger partial charge in [-0.15, -0.1) is 12.4 Å². The molecule has 0 saturated heterocycles. The van der Waals surface area contributed by atoms with Crippen LogP contribution in [0.25, 0.3) is 0 Å². The van der Waals surface area contributed by atoms with Gasteiger partial charge >= 0.3 is 0 Å². The van der Waals surface area contributed by atoms with Crippen molar-refractivity contribution in [2.24, 2.45) is 11.7 Å². The number of hydrogen-bond acceptors (Lipinski definition) is 1. The first-order chi connectivity index (χ1) is 7.06. The highest BCUT2D eigenvalue weighted by atomic mass is 35.5. The third-order valence-corrected chi connectivity index (χ3v) is 3.25. The zero-order valence-electron chi connectivity index (χ0n) is 10.7. The Hall–Kier alpha value is -0.530. The van der Waals surface area contributed by atoms with Gasteiger partial charge in [-0.2, -0.15) is 0 Å². The highest BCUT2D eigenvalue weighted by molar-refractivity contribution is 5.85. The van der Waals surface area contributed by atoms with E-state index in [1.807, 2.05) is 0 Å². The monoisotopic (exact) mass is 241 g/mol. The summed E-state index contributed by atoms with van der Waals surface area (Å²) in [4.78, 5) is 0. The van der Waals surface area contributed by atoms with Crippen LogP contribution in [0.15, 0.2) is 24.3 Å². The van der Waals surface area contributed by atoms with Gasteiger partial charge in [0, 0.05) is 6.04 Å². The van der Waals surface area contributed by atoms with E-state index in [1.165, 1.54) is 11.1 Å². The molecule has 0 heterocycles. The minimum atomic E-state index is 0. The second kappa shape index (κ2) is 6.93. The molecule has 1 unspecified atom stereocenters. The molecule has 0 fully saturated rings. The Balaban J connectivity index is 0.00000225. The predicted molar refractivity (Wildman–Crippen MR) is 74.2 cm³/mol. The molecule has 2 atom stereocenters. The summed E-state index contributed by atoms with van der Waals surface area (Å²) in [6, 6.07) is 8.92. The average molecular weight is 242 g/mol. The fourth-order valence-electron chi connectivity index (χ4n) is 1.69. The normalized spacial score (nSPS) is 14.4. The van der Waals surface area contributed by atoms with Crippen LogP contribution in [-0.2, 0) is 0 Å². The van der Waals surface area contributed by atoms with Gasteiger partial charge in [-0.25, -0.2) is 0 Å². The molecule has 0 aliphatic heterocycles. The molecule has 0 aromatic heterocycles. The van der Waals surface area contributed by atoms with Crippen molar-refractivity contribution in [3.63, 3.8) is 0 Å². The Morgan fingerprint density at radius 1 is 1.00 bits per heavy atom. The quantitative estimate of drug-likeness (QED) is 0.837. The van der Waals surface area contributed by atoms with E-state index < -0.39 is 0 Å². The maximum absolute atomic E-state index is 6.18. The van der Waals surface area contributed by atoms with Crippen molar-refractivity contribution in [3.05, 3.63) is 35.4 Å². The van der Waals surface area contributed by atoms with E-state index in [0.29, 0.717) is 11.8 Å². The summed E-state index contributed by atoms with van der Waals surface area (Å²) in [7, 11) is 0. The molecule has 1 nitrogen and oxygen atoms in total. The summed E-state index contributed by atoms with van der Waals surface area (Å²) >= 11 is 0. The Labute approximate surface area is 106 Å². The lowest BCUT2D eigenvalue weighted by Gasteiger charge is -2.19. The van der Waals surface area contributed by atoms with Crippen LogP contribution in [0.5, 0.6) is 0 Å². The molecule has 0 spiro atoms. The maximum atomic E-state index is 6.18. The molecule has 0 amide bonds. The number of benzene rings is 1. The first-order valence-corrected chi connectivity index (χ1v) is 5.91. The lowest BCUT2D eigenvalue weighted by atomic mass is 9.92. The van der Waals surface area contributed by atoms with Crippen LogP contribution in [0, 0.1) is 5.92 Å². The average Bonchev–Trinajstić information content (AvgIpc) is 2.27. The van der Waals surface area contributed by atoms with E-state index in [0.717, 1.165) is 6.42 Å². The first-order valence-electron chi connectivity index (χ1n) is 5.91. The highest BCUT2D eigenvalue weighted by Crippen LogP contribution is 2.23.